The lowest BCUT2D eigenvalue weighted by Gasteiger charge is -2.10. The normalized spacial score (nSPS) is 11.2. The van der Waals surface area contributed by atoms with Crippen molar-refractivity contribution in [2.75, 3.05) is 10.0 Å². The Morgan fingerprint density at radius 2 is 1.69 bits per heavy atom. The number of carbonyl (C=O) groups excluding carboxylic acids is 1. The first-order valence-corrected chi connectivity index (χ1v) is 9.95. The molecule has 26 heavy (non-hydrogen) atoms. The summed E-state index contributed by atoms with van der Waals surface area (Å²) in [5.74, 6) is -0.311. The number of rotatable bonds is 5. The van der Waals surface area contributed by atoms with E-state index in [0.717, 1.165) is 0 Å². The van der Waals surface area contributed by atoms with Crippen LogP contribution in [0.2, 0.25) is 5.02 Å². The van der Waals surface area contributed by atoms with Gasteiger partial charge in [0.25, 0.3) is 15.9 Å². The summed E-state index contributed by atoms with van der Waals surface area (Å²) in [6.45, 7) is 0. The van der Waals surface area contributed by atoms with Gasteiger partial charge in [-0.05, 0) is 64.5 Å². The lowest BCUT2D eigenvalue weighted by Crippen LogP contribution is -2.14. The van der Waals surface area contributed by atoms with Gasteiger partial charge in [-0.1, -0.05) is 23.7 Å². The minimum absolute atomic E-state index is 0.0381. The average molecular weight is 456 g/mol. The topological polar surface area (TPSA) is 88.4 Å². The van der Waals surface area contributed by atoms with E-state index in [4.69, 9.17) is 16.0 Å². The smallest absolute Gasteiger partial charge is 0.291 e. The summed E-state index contributed by atoms with van der Waals surface area (Å²) in [5, 5.41) is 2.92. The van der Waals surface area contributed by atoms with Gasteiger partial charge >= 0.3 is 0 Å². The highest BCUT2D eigenvalue weighted by Gasteiger charge is 2.16. The zero-order valence-corrected chi connectivity index (χ0v) is 16.2. The van der Waals surface area contributed by atoms with Crippen molar-refractivity contribution in [1.29, 1.82) is 0 Å². The largest absolute Gasteiger partial charge is 0.444 e. The van der Waals surface area contributed by atoms with Gasteiger partial charge in [-0.3, -0.25) is 9.52 Å². The van der Waals surface area contributed by atoms with Crippen molar-refractivity contribution in [2.45, 2.75) is 4.90 Å². The van der Waals surface area contributed by atoms with Crippen LogP contribution in [0.5, 0.6) is 0 Å². The number of furan rings is 1. The van der Waals surface area contributed by atoms with Crippen LogP contribution >= 0.6 is 27.5 Å². The Balaban J connectivity index is 1.74. The molecular formula is C17H12BrClN2O4S. The van der Waals surface area contributed by atoms with Gasteiger partial charge in [0.05, 0.1) is 15.6 Å². The van der Waals surface area contributed by atoms with Crippen molar-refractivity contribution >= 4 is 54.8 Å². The molecule has 1 aromatic heterocycles. The van der Waals surface area contributed by atoms with Gasteiger partial charge in [-0.25, -0.2) is 8.42 Å². The maximum absolute atomic E-state index is 12.4. The van der Waals surface area contributed by atoms with Crippen LogP contribution in [0, 0.1) is 0 Å². The molecule has 0 saturated heterocycles. The molecule has 3 aromatic rings. The second-order valence-corrected chi connectivity index (χ2v) is 8.04. The van der Waals surface area contributed by atoms with Crippen LogP contribution in [0.25, 0.3) is 0 Å². The predicted octanol–water partition coefficient (Wildman–Crippen LogP) is 4.75. The third-order valence-electron chi connectivity index (χ3n) is 3.34. The molecule has 0 saturated carbocycles. The maximum atomic E-state index is 12.4. The first kappa shape index (κ1) is 18.5. The van der Waals surface area contributed by atoms with E-state index in [1.54, 1.807) is 30.3 Å². The second-order valence-electron chi connectivity index (χ2n) is 5.17. The minimum atomic E-state index is -3.80. The van der Waals surface area contributed by atoms with Crippen LogP contribution in [-0.2, 0) is 10.0 Å². The monoisotopic (exact) mass is 454 g/mol. The lowest BCUT2D eigenvalue weighted by atomic mass is 10.3. The van der Waals surface area contributed by atoms with E-state index in [1.807, 2.05) is 0 Å². The molecule has 9 heteroatoms. The third kappa shape index (κ3) is 4.27. The number of hydrogen-bond donors (Lipinski definition) is 2. The van der Waals surface area contributed by atoms with Crippen LogP contribution in [-0.4, -0.2) is 14.3 Å². The quantitative estimate of drug-likeness (QED) is 0.581. The standard InChI is InChI=1S/C17H12BrClN2O4S/c18-16-10-9-15(25-16)17(22)20-11-5-7-12(8-6-11)26(23,24)21-14-4-2-1-3-13(14)19/h1-10,21H,(H,20,22). The number of nitrogens with one attached hydrogen (secondary N) is 2. The lowest BCUT2D eigenvalue weighted by molar-refractivity contribution is 0.0995. The molecule has 0 aliphatic carbocycles. The molecule has 0 unspecified atom stereocenters. The SMILES string of the molecule is O=C(Nc1ccc(S(=O)(=O)Nc2ccccc2Cl)cc1)c1ccc(Br)o1. The number of sulfonamides is 1. The molecule has 0 spiro atoms. The zero-order valence-electron chi connectivity index (χ0n) is 13.1. The fourth-order valence-corrected chi connectivity index (χ4v) is 3.72. The average Bonchev–Trinajstić information content (AvgIpc) is 3.04. The number of anilines is 2. The van der Waals surface area contributed by atoms with E-state index in [2.05, 4.69) is 26.0 Å². The van der Waals surface area contributed by atoms with Gasteiger partial charge in [0.1, 0.15) is 0 Å². The van der Waals surface area contributed by atoms with Crippen LogP contribution in [0.15, 0.2) is 74.6 Å². The first-order chi connectivity index (χ1) is 12.3. The molecule has 0 aliphatic heterocycles. The summed E-state index contributed by atoms with van der Waals surface area (Å²) in [6, 6.07) is 15.4. The summed E-state index contributed by atoms with van der Waals surface area (Å²) < 4.78 is 32.9. The Hall–Kier alpha value is -2.29. The fraction of sp³-hybridized carbons (Fsp3) is 0. The van der Waals surface area contributed by atoms with Crippen LogP contribution in [0.1, 0.15) is 10.6 Å². The number of amides is 1. The number of para-hydroxylation sites is 1. The summed E-state index contributed by atoms with van der Waals surface area (Å²) in [6.07, 6.45) is 0. The van der Waals surface area contributed by atoms with Crippen molar-refractivity contribution in [2.24, 2.45) is 0 Å². The minimum Gasteiger partial charge on any atom is -0.444 e. The molecule has 0 atom stereocenters. The highest BCUT2D eigenvalue weighted by molar-refractivity contribution is 9.10. The highest BCUT2D eigenvalue weighted by atomic mass is 79.9. The van der Waals surface area contributed by atoms with E-state index < -0.39 is 15.9 Å². The molecule has 0 bridgehead atoms. The molecule has 134 valence electrons. The molecule has 0 aliphatic rings. The Morgan fingerprint density at radius 1 is 1.00 bits per heavy atom. The molecule has 3 rings (SSSR count). The Labute approximate surface area is 163 Å². The summed E-state index contributed by atoms with van der Waals surface area (Å²) >= 11 is 9.09. The van der Waals surface area contributed by atoms with E-state index in [9.17, 15) is 13.2 Å². The van der Waals surface area contributed by atoms with Gasteiger partial charge in [-0.2, -0.15) is 0 Å². The van der Waals surface area contributed by atoms with E-state index in [1.165, 1.54) is 30.3 Å². The van der Waals surface area contributed by atoms with Crippen molar-refractivity contribution < 1.29 is 17.6 Å². The van der Waals surface area contributed by atoms with Gasteiger partial charge < -0.3 is 9.73 Å². The highest BCUT2D eigenvalue weighted by Crippen LogP contribution is 2.24. The van der Waals surface area contributed by atoms with E-state index >= 15 is 0 Å². The van der Waals surface area contributed by atoms with Crippen LogP contribution in [0.3, 0.4) is 0 Å². The Bertz CT molecular complexity index is 1050. The van der Waals surface area contributed by atoms with Crippen molar-refractivity contribution in [1.82, 2.24) is 0 Å². The summed E-state index contributed by atoms with van der Waals surface area (Å²) in [7, 11) is -3.80. The van der Waals surface area contributed by atoms with Gasteiger partial charge in [0.2, 0.25) is 0 Å². The molecule has 0 radical (unpaired) electrons. The summed E-state index contributed by atoms with van der Waals surface area (Å²) in [4.78, 5) is 12.1. The Morgan fingerprint density at radius 3 is 2.31 bits per heavy atom. The molecule has 1 heterocycles. The van der Waals surface area contributed by atoms with Crippen LogP contribution in [0.4, 0.5) is 11.4 Å². The molecule has 0 fully saturated rings. The number of halogens is 2. The van der Waals surface area contributed by atoms with Crippen LogP contribution < -0.4 is 10.0 Å². The van der Waals surface area contributed by atoms with Crippen molar-refractivity contribution in [3.63, 3.8) is 0 Å². The number of carbonyl (C=O) groups is 1. The maximum Gasteiger partial charge on any atom is 0.291 e. The molecule has 1 amide bonds. The number of hydrogen-bond acceptors (Lipinski definition) is 4. The fourth-order valence-electron chi connectivity index (χ4n) is 2.09. The zero-order chi connectivity index (χ0) is 18.7. The van der Waals surface area contributed by atoms with E-state index in [0.29, 0.717) is 15.4 Å². The molecule has 2 N–H and O–H groups in total. The van der Waals surface area contributed by atoms with Gasteiger partial charge in [0.15, 0.2) is 10.4 Å². The predicted molar refractivity (Wildman–Crippen MR) is 103 cm³/mol. The molecular weight excluding hydrogens is 444 g/mol. The second kappa shape index (κ2) is 7.53. The third-order valence-corrected chi connectivity index (χ3v) is 5.47. The molecule has 2 aromatic carbocycles. The summed E-state index contributed by atoms with van der Waals surface area (Å²) in [5.41, 5.74) is 0.717. The first-order valence-electron chi connectivity index (χ1n) is 7.29. The van der Waals surface area contributed by atoms with Gasteiger partial charge in [0, 0.05) is 5.69 Å². The van der Waals surface area contributed by atoms with Crippen molar-refractivity contribution in [3.05, 3.63) is 76.1 Å². The molecule has 6 nitrogen and oxygen atoms in total. The van der Waals surface area contributed by atoms with Crippen molar-refractivity contribution in [3.8, 4) is 0 Å². The van der Waals surface area contributed by atoms with Gasteiger partial charge in [-0.15, -0.1) is 0 Å². The number of benzene rings is 2. The van der Waals surface area contributed by atoms with E-state index in [-0.39, 0.29) is 16.3 Å². The Kier molecular flexibility index (Phi) is 5.36.